The summed E-state index contributed by atoms with van der Waals surface area (Å²) in [6.07, 6.45) is 0. The molecule has 1 saturated heterocycles. The van der Waals surface area contributed by atoms with Crippen LogP contribution in [0.3, 0.4) is 0 Å². The molecule has 0 spiro atoms. The SMILES string of the molecule is CC(C)(C)c1ccc(C(=O)N2CCN(C(=O)c3cccc(C#N)c3)CC2)cc1. The quantitative estimate of drug-likeness (QED) is 0.807. The van der Waals surface area contributed by atoms with Gasteiger partial charge >= 0.3 is 0 Å². The highest BCUT2D eigenvalue weighted by atomic mass is 16.2. The van der Waals surface area contributed by atoms with E-state index in [1.165, 1.54) is 5.56 Å². The molecule has 144 valence electrons. The molecule has 2 amide bonds. The first kappa shape index (κ1) is 19.6. The first-order valence-electron chi connectivity index (χ1n) is 9.49. The van der Waals surface area contributed by atoms with E-state index in [1.807, 2.05) is 24.3 Å². The maximum absolute atomic E-state index is 12.8. The predicted molar refractivity (Wildman–Crippen MR) is 108 cm³/mol. The number of rotatable bonds is 2. The molecule has 0 aromatic heterocycles. The fourth-order valence-corrected chi connectivity index (χ4v) is 3.31. The summed E-state index contributed by atoms with van der Waals surface area (Å²) in [5.74, 6) is -0.0993. The van der Waals surface area contributed by atoms with Gasteiger partial charge in [0.15, 0.2) is 0 Å². The van der Waals surface area contributed by atoms with E-state index in [0.717, 1.165) is 0 Å². The summed E-state index contributed by atoms with van der Waals surface area (Å²) in [6.45, 7) is 8.42. The minimum atomic E-state index is -0.0984. The Hall–Kier alpha value is -3.13. The van der Waals surface area contributed by atoms with Crippen molar-refractivity contribution in [2.75, 3.05) is 26.2 Å². The second kappa shape index (κ2) is 7.85. The van der Waals surface area contributed by atoms with Gasteiger partial charge in [-0.1, -0.05) is 39.0 Å². The Morgan fingerprint density at radius 1 is 0.857 bits per heavy atom. The summed E-state index contributed by atoms with van der Waals surface area (Å²) in [7, 11) is 0. The number of hydrogen-bond donors (Lipinski definition) is 0. The van der Waals surface area contributed by atoms with Gasteiger partial charge in [-0.3, -0.25) is 9.59 Å². The third-order valence-corrected chi connectivity index (χ3v) is 5.09. The molecule has 5 heteroatoms. The minimum absolute atomic E-state index is 0.000893. The number of carbonyl (C=O) groups excluding carboxylic acids is 2. The molecule has 1 heterocycles. The second-order valence-electron chi connectivity index (χ2n) is 8.10. The fraction of sp³-hybridized carbons (Fsp3) is 0.348. The molecular weight excluding hydrogens is 350 g/mol. The van der Waals surface area contributed by atoms with Crippen LogP contribution in [0.2, 0.25) is 0 Å². The van der Waals surface area contributed by atoms with Crippen molar-refractivity contribution >= 4 is 11.8 Å². The summed E-state index contributed by atoms with van der Waals surface area (Å²) >= 11 is 0. The summed E-state index contributed by atoms with van der Waals surface area (Å²) in [4.78, 5) is 29.0. The molecular formula is C23H25N3O2. The highest BCUT2D eigenvalue weighted by Crippen LogP contribution is 2.22. The van der Waals surface area contributed by atoms with E-state index in [1.54, 1.807) is 34.1 Å². The van der Waals surface area contributed by atoms with Crippen LogP contribution in [0.25, 0.3) is 0 Å². The minimum Gasteiger partial charge on any atom is -0.335 e. The van der Waals surface area contributed by atoms with Gasteiger partial charge in [-0.15, -0.1) is 0 Å². The Bertz CT molecular complexity index is 912. The zero-order chi connectivity index (χ0) is 20.3. The molecule has 0 saturated carbocycles. The Morgan fingerprint density at radius 3 is 1.89 bits per heavy atom. The van der Waals surface area contributed by atoms with Crippen LogP contribution in [0.5, 0.6) is 0 Å². The van der Waals surface area contributed by atoms with Gasteiger partial charge in [0.25, 0.3) is 11.8 Å². The van der Waals surface area contributed by atoms with Gasteiger partial charge in [0, 0.05) is 37.3 Å². The number of nitriles is 1. The van der Waals surface area contributed by atoms with Crippen LogP contribution >= 0.6 is 0 Å². The Kier molecular flexibility index (Phi) is 5.51. The van der Waals surface area contributed by atoms with Crippen LogP contribution in [-0.2, 0) is 5.41 Å². The Morgan fingerprint density at radius 2 is 1.39 bits per heavy atom. The van der Waals surface area contributed by atoms with Crippen LogP contribution in [0.1, 0.15) is 52.6 Å². The second-order valence-corrected chi connectivity index (χ2v) is 8.10. The maximum atomic E-state index is 12.8. The highest BCUT2D eigenvalue weighted by molar-refractivity contribution is 5.96. The van der Waals surface area contributed by atoms with Crippen molar-refractivity contribution in [3.05, 3.63) is 70.8 Å². The molecule has 1 fully saturated rings. The van der Waals surface area contributed by atoms with Crippen molar-refractivity contribution in [1.29, 1.82) is 5.26 Å². The molecule has 0 aliphatic carbocycles. The fourth-order valence-electron chi connectivity index (χ4n) is 3.31. The van der Waals surface area contributed by atoms with E-state index < -0.39 is 0 Å². The first-order valence-corrected chi connectivity index (χ1v) is 9.49. The van der Waals surface area contributed by atoms with Crippen LogP contribution in [0, 0.1) is 11.3 Å². The van der Waals surface area contributed by atoms with E-state index in [-0.39, 0.29) is 17.2 Å². The summed E-state index contributed by atoms with van der Waals surface area (Å²) in [5, 5.41) is 9.00. The van der Waals surface area contributed by atoms with Gasteiger partial charge in [0.1, 0.15) is 0 Å². The lowest BCUT2D eigenvalue weighted by Gasteiger charge is -2.35. The van der Waals surface area contributed by atoms with Crippen LogP contribution in [0.4, 0.5) is 0 Å². The van der Waals surface area contributed by atoms with Crippen LogP contribution in [0.15, 0.2) is 48.5 Å². The number of hydrogen-bond acceptors (Lipinski definition) is 3. The van der Waals surface area contributed by atoms with Crippen LogP contribution < -0.4 is 0 Å². The molecule has 1 aliphatic rings. The molecule has 1 aliphatic heterocycles. The average Bonchev–Trinajstić information content (AvgIpc) is 2.72. The molecule has 2 aromatic carbocycles. The lowest BCUT2D eigenvalue weighted by atomic mass is 9.86. The van der Waals surface area contributed by atoms with Gasteiger partial charge in [0.05, 0.1) is 11.6 Å². The van der Waals surface area contributed by atoms with Gasteiger partial charge in [0.2, 0.25) is 0 Å². The van der Waals surface area contributed by atoms with Gasteiger partial charge < -0.3 is 9.80 Å². The molecule has 0 radical (unpaired) electrons. The van der Waals surface area contributed by atoms with Gasteiger partial charge in [-0.05, 0) is 41.3 Å². The molecule has 0 N–H and O–H groups in total. The third-order valence-electron chi connectivity index (χ3n) is 5.09. The lowest BCUT2D eigenvalue weighted by Crippen LogP contribution is -2.50. The predicted octanol–water partition coefficient (Wildman–Crippen LogP) is 3.45. The number of piperazine rings is 1. The van der Waals surface area contributed by atoms with E-state index in [9.17, 15) is 9.59 Å². The number of benzene rings is 2. The monoisotopic (exact) mass is 375 g/mol. The van der Waals surface area contributed by atoms with Crippen molar-refractivity contribution in [2.45, 2.75) is 26.2 Å². The average molecular weight is 375 g/mol. The van der Waals surface area contributed by atoms with Crippen molar-refractivity contribution in [1.82, 2.24) is 9.80 Å². The Balaban J connectivity index is 1.62. The molecule has 0 bridgehead atoms. The molecule has 2 aromatic rings. The van der Waals surface area contributed by atoms with E-state index in [0.29, 0.717) is 42.9 Å². The summed E-state index contributed by atoms with van der Waals surface area (Å²) < 4.78 is 0. The molecule has 3 rings (SSSR count). The number of amides is 2. The normalized spacial score (nSPS) is 14.5. The van der Waals surface area contributed by atoms with E-state index in [2.05, 4.69) is 26.8 Å². The van der Waals surface area contributed by atoms with Crippen molar-refractivity contribution < 1.29 is 9.59 Å². The number of nitrogens with zero attached hydrogens (tertiary/aromatic N) is 3. The van der Waals surface area contributed by atoms with E-state index in [4.69, 9.17) is 5.26 Å². The maximum Gasteiger partial charge on any atom is 0.254 e. The lowest BCUT2D eigenvalue weighted by molar-refractivity contribution is 0.0535. The highest BCUT2D eigenvalue weighted by Gasteiger charge is 2.26. The largest absolute Gasteiger partial charge is 0.335 e. The number of carbonyl (C=O) groups is 2. The molecule has 0 unspecified atom stereocenters. The Labute approximate surface area is 166 Å². The summed E-state index contributed by atoms with van der Waals surface area (Å²) in [6, 6.07) is 16.6. The third kappa shape index (κ3) is 4.23. The summed E-state index contributed by atoms with van der Waals surface area (Å²) in [5.41, 5.74) is 2.90. The topological polar surface area (TPSA) is 64.4 Å². The van der Waals surface area contributed by atoms with Crippen molar-refractivity contribution in [3.8, 4) is 6.07 Å². The van der Waals surface area contributed by atoms with Crippen molar-refractivity contribution in [2.24, 2.45) is 0 Å². The molecule has 0 atom stereocenters. The van der Waals surface area contributed by atoms with Crippen molar-refractivity contribution in [3.63, 3.8) is 0 Å². The first-order chi connectivity index (χ1) is 13.3. The zero-order valence-corrected chi connectivity index (χ0v) is 16.6. The van der Waals surface area contributed by atoms with Gasteiger partial charge in [-0.25, -0.2) is 0 Å². The molecule has 5 nitrogen and oxygen atoms in total. The standard InChI is InChI=1S/C23H25N3O2/c1-23(2,3)20-9-7-18(8-10-20)21(27)25-11-13-26(14-12-25)22(28)19-6-4-5-17(15-19)16-24/h4-10,15H,11-14H2,1-3H3. The van der Waals surface area contributed by atoms with Gasteiger partial charge in [-0.2, -0.15) is 5.26 Å². The van der Waals surface area contributed by atoms with E-state index >= 15 is 0 Å². The van der Waals surface area contributed by atoms with Crippen LogP contribution in [-0.4, -0.2) is 47.8 Å². The molecule has 28 heavy (non-hydrogen) atoms. The smallest absolute Gasteiger partial charge is 0.254 e. The zero-order valence-electron chi connectivity index (χ0n) is 16.6.